The topological polar surface area (TPSA) is 76.8 Å². The fourth-order valence-corrected chi connectivity index (χ4v) is 4.72. The first-order chi connectivity index (χ1) is 14.5. The number of carbonyl (C=O) groups excluding carboxylic acids is 3. The van der Waals surface area contributed by atoms with E-state index in [0.717, 1.165) is 30.2 Å². The van der Waals surface area contributed by atoms with Crippen molar-refractivity contribution in [2.24, 2.45) is 5.92 Å². The molecule has 2 heterocycles. The van der Waals surface area contributed by atoms with Gasteiger partial charge in [0.15, 0.2) is 0 Å². The highest BCUT2D eigenvalue weighted by molar-refractivity contribution is 8.18. The molecule has 1 saturated heterocycles. The molecule has 1 aromatic heterocycles. The molecule has 1 aromatic carbocycles. The SMILES string of the molecule is COC(=O)c1ccc(-c2ccc(/C=C3/SC(=O)N(CC4CCCCC4)C3=O)o2)cc1. The Morgan fingerprint density at radius 2 is 1.87 bits per heavy atom. The van der Waals surface area contributed by atoms with Gasteiger partial charge in [0.05, 0.1) is 17.6 Å². The van der Waals surface area contributed by atoms with Gasteiger partial charge in [0.1, 0.15) is 11.5 Å². The predicted octanol–water partition coefficient (Wildman–Crippen LogP) is 5.35. The number of furan rings is 1. The van der Waals surface area contributed by atoms with Crippen LogP contribution in [0.1, 0.15) is 48.2 Å². The van der Waals surface area contributed by atoms with Crippen molar-refractivity contribution in [3.05, 3.63) is 52.6 Å². The van der Waals surface area contributed by atoms with Crippen molar-refractivity contribution in [1.82, 2.24) is 4.90 Å². The van der Waals surface area contributed by atoms with Crippen molar-refractivity contribution in [3.8, 4) is 11.3 Å². The van der Waals surface area contributed by atoms with Crippen LogP contribution in [0.5, 0.6) is 0 Å². The highest BCUT2D eigenvalue weighted by Crippen LogP contribution is 2.35. The predicted molar refractivity (Wildman–Crippen MR) is 115 cm³/mol. The van der Waals surface area contributed by atoms with Crippen LogP contribution in [0.15, 0.2) is 45.7 Å². The first-order valence-corrected chi connectivity index (χ1v) is 10.9. The van der Waals surface area contributed by atoms with E-state index in [-0.39, 0.29) is 11.1 Å². The summed E-state index contributed by atoms with van der Waals surface area (Å²) >= 11 is 0.965. The van der Waals surface area contributed by atoms with Gasteiger partial charge < -0.3 is 9.15 Å². The lowest BCUT2D eigenvalue weighted by atomic mass is 9.89. The van der Waals surface area contributed by atoms with Crippen LogP contribution in [-0.2, 0) is 9.53 Å². The van der Waals surface area contributed by atoms with E-state index in [1.54, 1.807) is 42.5 Å². The Morgan fingerprint density at radius 1 is 1.13 bits per heavy atom. The van der Waals surface area contributed by atoms with Crippen LogP contribution in [0.25, 0.3) is 17.4 Å². The first kappa shape index (κ1) is 20.5. The number of benzene rings is 1. The summed E-state index contributed by atoms with van der Waals surface area (Å²) in [5.74, 6) is 0.890. The minimum atomic E-state index is -0.398. The van der Waals surface area contributed by atoms with E-state index in [2.05, 4.69) is 0 Å². The minimum absolute atomic E-state index is 0.206. The van der Waals surface area contributed by atoms with Crippen LogP contribution in [0.2, 0.25) is 0 Å². The van der Waals surface area contributed by atoms with Gasteiger partial charge in [-0.2, -0.15) is 0 Å². The number of amides is 2. The summed E-state index contributed by atoms with van der Waals surface area (Å²) in [5.41, 5.74) is 1.26. The number of thioether (sulfide) groups is 1. The fourth-order valence-electron chi connectivity index (χ4n) is 3.89. The van der Waals surface area contributed by atoms with Crippen LogP contribution < -0.4 is 0 Å². The Balaban J connectivity index is 1.46. The minimum Gasteiger partial charge on any atom is -0.465 e. The summed E-state index contributed by atoms with van der Waals surface area (Å²) in [5, 5.41) is -0.206. The number of hydrogen-bond donors (Lipinski definition) is 0. The van der Waals surface area contributed by atoms with Gasteiger partial charge >= 0.3 is 5.97 Å². The largest absolute Gasteiger partial charge is 0.465 e. The monoisotopic (exact) mass is 425 g/mol. The molecule has 30 heavy (non-hydrogen) atoms. The molecule has 2 aromatic rings. The number of imide groups is 1. The fraction of sp³-hybridized carbons (Fsp3) is 0.348. The zero-order valence-corrected chi connectivity index (χ0v) is 17.6. The maximum atomic E-state index is 12.7. The Morgan fingerprint density at radius 3 is 2.57 bits per heavy atom. The number of rotatable bonds is 5. The average molecular weight is 426 g/mol. The van der Waals surface area contributed by atoms with E-state index >= 15 is 0 Å². The normalized spacial score (nSPS) is 19.0. The molecule has 0 radical (unpaired) electrons. The third-order valence-electron chi connectivity index (χ3n) is 5.53. The Bertz CT molecular complexity index is 985. The number of ether oxygens (including phenoxy) is 1. The lowest BCUT2D eigenvalue weighted by Crippen LogP contribution is -2.34. The molecule has 0 atom stereocenters. The second kappa shape index (κ2) is 8.92. The van der Waals surface area contributed by atoms with E-state index in [0.29, 0.717) is 34.5 Å². The molecule has 7 heteroatoms. The molecule has 0 spiro atoms. The molecule has 2 amide bonds. The molecule has 0 bridgehead atoms. The molecule has 0 N–H and O–H groups in total. The van der Waals surface area contributed by atoms with Gasteiger partial charge in [-0.05, 0) is 54.8 Å². The summed E-state index contributed by atoms with van der Waals surface area (Å²) in [7, 11) is 1.34. The quantitative estimate of drug-likeness (QED) is 0.475. The van der Waals surface area contributed by atoms with Crippen LogP contribution in [0, 0.1) is 5.92 Å². The molecule has 156 valence electrons. The summed E-state index contributed by atoms with van der Waals surface area (Å²) in [4.78, 5) is 38.4. The van der Waals surface area contributed by atoms with Crippen LogP contribution >= 0.6 is 11.8 Å². The van der Waals surface area contributed by atoms with Crippen molar-refractivity contribution < 1.29 is 23.5 Å². The second-order valence-corrected chi connectivity index (χ2v) is 8.56. The average Bonchev–Trinajstić information content (AvgIpc) is 3.34. The van der Waals surface area contributed by atoms with Crippen molar-refractivity contribution in [1.29, 1.82) is 0 Å². The van der Waals surface area contributed by atoms with Gasteiger partial charge in [-0.1, -0.05) is 31.4 Å². The number of carbonyl (C=O) groups is 3. The number of nitrogens with zero attached hydrogens (tertiary/aromatic N) is 1. The molecule has 6 nitrogen and oxygen atoms in total. The molecule has 1 saturated carbocycles. The third kappa shape index (κ3) is 4.36. The second-order valence-electron chi connectivity index (χ2n) is 7.57. The summed E-state index contributed by atoms with van der Waals surface area (Å²) < 4.78 is 10.5. The Kier molecular flexibility index (Phi) is 6.08. The standard InChI is InChI=1S/C23H23NO5S/c1-28-22(26)17-9-7-16(8-10-17)19-12-11-18(29-19)13-20-21(25)24(23(27)30-20)14-15-5-3-2-4-6-15/h7-13,15H,2-6,14H2,1H3/b20-13+. The molecule has 1 aliphatic heterocycles. The van der Waals surface area contributed by atoms with Gasteiger partial charge in [-0.3, -0.25) is 14.5 Å². The molecular formula is C23H23NO5S. The van der Waals surface area contributed by atoms with Gasteiger partial charge in [-0.15, -0.1) is 0 Å². The highest BCUT2D eigenvalue weighted by atomic mass is 32.2. The van der Waals surface area contributed by atoms with E-state index in [4.69, 9.17) is 9.15 Å². The van der Waals surface area contributed by atoms with Gasteiger partial charge in [0.2, 0.25) is 0 Å². The third-order valence-corrected chi connectivity index (χ3v) is 6.44. The lowest BCUT2D eigenvalue weighted by molar-refractivity contribution is -0.123. The summed E-state index contributed by atoms with van der Waals surface area (Å²) in [6, 6.07) is 10.4. The smallest absolute Gasteiger partial charge is 0.337 e. The number of hydrogen-bond acceptors (Lipinski definition) is 6. The van der Waals surface area contributed by atoms with Gasteiger partial charge in [0.25, 0.3) is 11.1 Å². The van der Waals surface area contributed by atoms with E-state index in [1.165, 1.54) is 31.3 Å². The number of esters is 1. The molecular weight excluding hydrogens is 402 g/mol. The van der Waals surface area contributed by atoms with Crippen LogP contribution in [0.3, 0.4) is 0 Å². The Labute approximate surface area is 179 Å². The van der Waals surface area contributed by atoms with E-state index in [9.17, 15) is 14.4 Å². The summed E-state index contributed by atoms with van der Waals surface area (Å²) in [6.07, 6.45) is 7.37. The van der Waals surface area contributed by atoms with E-state index < -0.39 is 5.97 Å². The maximum absolute atomic E-state index is 12.7. The molecule has 2 fully saturated rings. The van der Waals surface area contributed by atoms with E-state index in [1.807, 2.05) is 0 Å². The molecule has 4 rings (SSSR count). The molecule has 0 unspecified atom stereocenters. The molecule has 2 aliphatic rings. The van der Waals surface area contributed by atoms with Gasteiger partial charge in [-0.25, -0.2) is 4.79 Å². The van der Waals surface area contributed by atoms with Gasteiger partial charge in [0, 0.05) is 18.2 Å². The van der Waals surface area contributed by atoms with Crippen molar-refractivity contribution in [2.75, 3.05) is 13.7 Å². The molecule has 1 aliphatic carbocycles. The summed E-state index contributed by atoms with van der Waals surface area (Å²) in [6.45, 7) is 0.512. The van der Waals surface area contributed by atoms with Crippen molar-refractivity contribution in [2.45, 2.75) is 32.1 Å². The zero-order valence-electron chi connectivity index (χ0n) is 16.8. The highest BCUT2D eigenvalue weighted by Gasteiger charge is 2.36. The van der Waals surface area contributed by atoms with Crippen LogP contribution in [-0.4, -0.2) is 35.7 Å². The first-order valence-electron chi connectivity index (χ1n) is 10.1. The lowest BCUT2D eigenvalue weighted by Gasteiger charge is -2.25. The van der Waals surface area contributed by atoms with Crippen molar-refractivity contribution >= 4 is 35.0 Å². The zero-order chi connectivity index (χ0) is 21.1. The maximum Gasteiger partial charge on any atom is 0.337 e. The van der Waals surface area contributed by atoms with Crippen molar-refractivity contribution in [3.63, 3.8) is 0 Å². The Hall–Kier alpha value is -2.80. The number of methoxy groups -OCH3 is 1. The van der Waals surface area contributed by atoms with Crippen LogP contribution in [0.4, 0.5) is 4.79 Å².